The van der Waals surface area contributed by atoms with Crippen molar-refractivity contribution in [3.8, 4) is 22.8 Å². The standard InChI is InChI=1S/C15H14Cl2N2O5S/c1-8(15(21)19-25(2,22)23)24-13-4-3-9(5-12(13)20)14-11(17)6-10(16)7-18-14/h3-8,20H,1-2H3,(H,19,21). The molecule has 0 aliphatic heterocycles. The average Bonchev–Trinajstić information content (AvgIpc) is 2.47. The van der Waals surface area contributed by atoms with Crippen molar-refractivity contribution in [3.63, 3.8) is 0 Å². The highest BCUT2D eigenvalue weighted by Crippen LogP contribution is 2.34. The second kappa shape index (κ2) is 7.47. The predicted molar refractivity (Wildman–Crippen MR) is 94.4 cm³/mol. The Kier molecular flexibility index (Phi) is 5.76. The second-order valence-electron chi connectivity index (χ2n) is 5.17. The number of carbonyl (C=O) groups excluding carboxylic acids is 1. The van der Waals surface area contributed by atoms with Gasteiger partial charge in [0.05, 0.1) is 22.0 Å². The number of hydrogen-bond acceptors (Lipinski definition) is 6. The Morgan fingerprint density at radius 1 is 1.32 bits per heavy atom. The minimum absolute atomic E-state index is 0.00462. The summed E-state index contributed by atoms with van der Waals surface area (Å²) >= 11 is 11.9. The molecule has 7 nitrogen and oxygen atoms in total. The van der Waals surface area contributed by atoms with Crippen molar-refractivity contribution in [2.45, 2.75) is 13.0 Å². The molecule has 1 unspecified atom stereocenters. The van der Waals surface area contributed by atoms with E-state index in [-0.39, 0.29) is 11.5 Å². The number of halogens is 2. The van der Waals surface area contributed by atoms with Crippen LogP contribution >= 0.6 is 23.2 Å². The maximum atomic E-state index is 11.7. The fourth-order valence-corrected chi connectivity index (χ4v) is 2.92. The van der Waals surface area contributed by atoms with Crippen LogP contribution in [0.2, 0.25) is 10.0 Å². The Morgan fingerprint density at radius 3 is 2.56 bits per heavy atom. The highest BCUT2D eigenvalue weighted by Gasteiger charge is 2.20. The van der Waals surface area contributed by atoms with Crippen LogP contribution in [0.3, 0.4) is 0 Å². The van der Waals surface area contributed by atoms with E-state index < -0.39 is 22.0 Å². The number of aromatic hydroxyl groups is 1. The summed E-state index contributed by atoms with van der Waals surface area (Å²) in [5, 5.41) is 10.8. The van der Waals surface area contributed by atoms with Crippen molar-refractivity contribution in [1.82, 2.24) is 9.71 Å². The van der Waals surface area contributed by atoms with E-state index in [0.29, 0.717) is 21.3 Å². The Labute approximate surface area is 154 Å². The molecular weight excluding hydrogens is 391 g/mol. The van der Waals surface area contributed by atoms with Gasteiger partial charge in [0.2, 0.25) is 10.0 Å². The van der Waals surface area contributed by atoms with Gasteiger partial charge in [0.15, 0.2) is 17.6 Å². The summed E-state index contributed by atoms with van der Waals surface area (Å²) in [6, 6.07) is 5.88. The Bertz CT molecular complexity index is 918. The number of nitrogens with zero attached hydrogens (tertiary/aromatic N) is 1. The third-order valence-electron chi connectivity index (χ3n) is 3.00. The quantitative estimate of drug-likeness (QED) is 0.792. The molecule has 10 heteroatoms. The van der Waals surface area contributed by atoms with Gasteiger partial charge >= 0.3 is 0 Å². The molecule has 134 valence electrons. The SMILES string of the molecule is CC(Oc1ccc(-c2ncc(Cl)cc2Cl)cc1O)C(=O)NS(C)(=O)=O. The Balaban J connectivity index is 2.21. The monoisotopic (exact) mass is 404 g/mol. The van der Waals surface area contributed by atoms with Gasteiger partial charge in [0.1, 0.15) is 0 Å². The van der Waals surface area contributed by atoms with Gasteiger partial charge in [-0.3, -0.25) is 14.5 Å². The van der Waals surface area contributed by atoms with E-state index in [2.05, 4.69) is 4.98 Å². The van der Waals surface area contributed by atoms with E-state index in [1.54, 1.807) is 10.8 Å². The maximum Gasteiger partial charge on any atom is 0.274 e. The first-order chi connectivity index (χ1) is 11.6. The maximum absolute atomic E-state index is 11.7. The molecule has 2 rings (SSSR count). The zero-order chi connectivity index (χ0) is 18.8. The molecule has 2 N–H and O–H groups in total. The minimum atomic E-state index is -3.70. The summed E-state index contributed by atoms with van der Waals surface area (Å²) < 4.78 is 29.2. The van der Waals surface area contributed by atoms with Gasteiger partial charge in [-0.05, 0) is 31.2 Å². The van der Waals surface area contributed by atoms with E-state index in [0.717, 1.165) is 6.26 Å². The van der Waals surface area contributed by atoms with Crippen LogP contribution in [-0.4, -0.2) is 36.8 Å². The number of phenols is 1. The van der Waals surface area contributed by atoms with Crippen LogP contribution in [0, 0.1) is 0 Å². The second-order valence-corrected chi connectivity index (χ2v) is 7.76. The van der Waals surface area contributed by atoms with Crippen LogP contribution in [0.4, 0.5) is 0 Å². The van der Waals surface area contributed by atoms with Gasteiger partial charge in [-0.2, -0.15) is 0 Å². The van der Waals surface area contributed by atoms with Gasteiger partial charge in [0, 0.05) is 11.8 Å². The third-order valence-corrected chi connectivity index (χ3v) is 4.07. The summed E-state index contributed by atoms with van der Waals surface area (Å²) in [4.78, 5) is 15.8. The lowest BCUT2D eigenvalue weighted by molar-refractivity contribution is -0.125. The molecule has 0 saturated heterocycles. The highest BCUT2D eigenvalue weighted by molar-refractivity contribution is 7.89. The van der Waals surface area contributed by atoms with Crippen molar-refractivity contribution in [2.75, 3.05) is 6.26 Å². The number of aromatic nitrogens is 1. The number of sulfonamides is 1. The van der Waals surface area contributed by atoms with Crippen LogP contribution in [0.15, 0.2) is 30.5 Å². The number of amides is 1. The lowest BCUT2D eigenvalue weighted by Crippen LogP contribution is -2.39. The Morgan fingerprint density at radius 2 is 2.00 bits per heavy atom. The van der Waals surface area contributed by atoms with Gasteiger partial charge < -0.3 is 9.84 Å². The molecule has 0 bridgehead atoms. The molecule has 0 spiro atoms. The van der Waals surface area contributed by atoms with E-state index in [9.17, 15) is 18.3 Å². The molecule has 1 atom stereocenters. The van der Waals surface area contributed by atoms with Gasteiger partial charge in [0.25, 0.3) is 5.91 Å². The number of hydrogen-bond donors (Lipinski definition) is 2. The number of pyridine rings is 1. The molecule has 2 aromatic rings. The van der Waals surface area contributed by atoms with Gasteiger partial charge in [-0.25, -0.2) is 8.42 Å². The topological polar surface area (TPSA) is 106 Å². The molecular formula is C15H14Cl2N2O5S. The molecule has 0 fully saturated rings. The van der Waals surface area contributed by atoms with E-state index in [1.165, 1.54) is 31.3 Å². The number of rotatable bonds is 5. The summed E-state index contributed by atoms with van der Waals surface area (Å²) in [6.07, 6.45) is 1.14. The van der Waals surface area contributed by atoms with Crippen molar-refractivity contribution < 1.29 is 23.1 Å². The molecule has 0 saturated carbocycles. The predicted octanol–water partition coefficient (Wildman–Crippen LogP) is 2.60. The first-order valence-corrected chi connectivity index (χ1v) is 9.54. The largest absolute Gasteiger partial charge is 0.504 e. The lowest BCUT2D eigenvalue weighted by atomic mass is 10.1. The zero-order valence-electron chi connectivity index (χ0n) is 13.2. The summed E-state index contributed by atoms with van der Waals surface area (Å²) in [6.45, 7) is 1.35. The molecule has 1 aromatic heterocycles. The molecule has 1 aromatic carbocycles. The fourth-order valence-electron chi connectivity index (χ4n) is 1.90. The molecule has 1 heterocycles. The first kappa shape index (κ1) is 19.3. The third kappa shape index (κ3) is 5.22. The number of nitrogens with one attached hydrogen (secondary N) is 1. The summed E-state index contributed by atoms with van der Waals surface area (Å²) in [5.41, 5.74) is 0.926. The van der Waals surface area contributed by atoms with Crippen LogP contribution < -0.4 is 9.46 Å². The number of ether oxygens (including phenoxy) is 1. The average molecular weight is 405 g/mol. The lowest BCUT2D eigenvalue weighted by Gasteiger charge is -2.15. The van der Waals surface area contributed by atoms with E-state index in [1.807, 2.05) is 0 Å². The van der Waals surface area contributed by atoms with Crippen molar-refractivity contribution >= 4 is 39.1 Å². The summed E-state index contributed by atoms with van der Waals surface area (Å²) in [7, 11) is -3.70. The van der Waals surface area contributed by atoms with Crippen LogP contribution in [-0.2, 0) is 14.8 Å². The van der Waals surface area contributed by atoms with E-state index >= 15 is 0 Å². The molecule has 0 radical (unpaired) electrons. The zero-order valence-corrected chi connectivity index (χ0v) is 15.5. The highest BCUT2D eigenvalue weighted by atomic mass is 35.5. The molecule has 0 aliphatic rings. The first-order valence-electron chi connectivity index (χ1n) is 6.89. The number of benzene rings is 1. The van der Waals surface area contributed by atoms with Crippen molar-refractivity contribution in [3.05, 3.63) is 40.5 Å². The summed E-state index contributed by atoms with van der Waals surface area (Å²) in [5.74, 6) is -1.11. The van der Waals surface area contributed by atoms with Crippen molar-refractivity contribution in [1.29, 1.82) is 0 Å². The number of phenolic OH excluding ortho intramolecular Hbond substituents is 1. The molecule has 25 heavy (non-hydrogen) atoms. The smallest absolute Gasteiger partial charge is 0.274 e. The van der Waals surface area contributed by atoms with Crippen molar-refractivity contribution in [2.24, 2.45) is 0 Å². The Hall–Kier alpha value is -2.03. The van der Waals surface area contributed by atoms with Crippen LogP contribution in [0.1, 0.15) is 6.92 Å². The minimum Gasteiger partial charge on any atom is -0.504 e. The normalized spacial score (nSPS) is 12.5. The van der Waals surface area contributed by atoms with Crippen LogP contribution in [0.25, 0.3) is 11.3 Å². The van der Waals surface area contributed by atoms with Crippen LogP contribution in [0.5, 0.6) is 11.5 Å². The fraction of sp³-hybridized carbons (Fsp3) is 0.200. The van der Waals surface area contributed by atoms with E-state index in [4.69, 9.17) is 27.9 Å². The molecule has 0 aliphatic carbocycles. The number of carbonyl (C=O) groups is 1. The van der Waals surface area contributed by atoms with Gasteiger partial charge in [-0.1, -0.05) is 23.2 Å². The molecule has 1 amide bonds. The van der Waals surface area contributed by atoms with Gasteiger partial charge in [-0.15, -0.1) is 0 Å².